The molecule has 0 aliphatic heterocycles. The zero-order valence-corrected chi connectivity index (χ0v) is 17.1. The smallest absolute Gasteiger partial charge is 0.270 e. The standard InChI is InChI=1S/C20H33N3O2S/c1-3-5-12-21-19(24)17-15-26-18(22-17)14-23(13-6-4-2)20(25)16-10-8-7-9-11-16/h15-16H,3-14H2,1-2H3,(H,21,24). The summed E-state index contributed by atoms with van der Waals surface area (Å²) < 4.78 is 0. The Labute approximate surface area is 161 Å². The molecule has 1 aliphatic carbocycles. The van der Waals surface area contributed by atoms with Crippen molar-refractivity contribution in [3.05, 3.63) is 16.1 Å². The molecule has 1 fully saturated rings. The molecule has 0 bridgehead atoms. The van der Waals surface area contributed by atoms with Crippen LogP contribution in [-0.4, -0.2) is 34.8 Å². The van der Waals surface area contributed by atoms with Crippen molar-refractivity contribution in [1.82, 2.24) is 15.2 Å². The zero-order chi connectivity index (χ0) is 18.8. The highest BCUT2D eigenvalue weighted by atomic mass is 32.1. The molecule has 26 heavy (non-hydrogen) atoms. The summed E-state index contributed by atoms with van der Waals surface area (Å²) >= 11 is 1.48. The third-order valence-electron chi connectivity index (χ3n) is 4.97. The number of amides is 2. The summed E-state index contributed by atoms with van der Waals surface area (Å²) in [5, 5.41) is 5.56. The van der Waals surface area contributed by atoms with E-state index in [0.717, 1.165) is 62.9 Å². The number of rotatable bonds is 10. The average Bonchev–Trinajstić information content (AvgIpc) is 3.14. The fourth-order valence-electron chi connectivity index (χ4n) is 3.34. The lowest BCUT2D eigenvalue weighted by atomic mass is 9.88. The van der Waals surface area contributed by atoms with E-state index in [2.05, 4.69) is 24.1 Å². The molecule has 0 unspecified atom stereocenters. The van der Waals surface area contributed by atoms with E-state index in [1.807, 2.05) is 4.90 Å². The van der Waals surface area contributed by atoms with Gasteiger partial charge in [0.1, 0.15) is 10.7 Å². The second-order valence-electron chi connectivity index (χ2n) is 7.18. The van der Waals surface area contributed by atoms with Crippen molar-refractivity contribution >= 4 is 23.2 Å². The highest BCUT2D eigenvalue weighted by Gasteiger charge is 2.26. The van der Waals surface area contributed by atoms with Gasteiger partial charge in [-0.05, 0) is 25.7 Å². The molecule has 0 saturated heterocycles. The van der Waals surface area contributed by atoms with Gasteiger partial charge in [-0.15, -0.1) is 11.3 Å². The average molecular weight is 380 g/mol. The number of unbranched alkanes of at least 4 members (excludes halogenated alkanes) is 2. The first-order valence-corrected chi connectivity index (χ1v) is 11.0. The van der Waals surface area contributed by atoms with Gasteiger partial charge in [-0.3, -0.25) is 9.59 Å². The second-order valence-corrected chi connectivity index (χ2v) is 8.13. The van der Waals surface area contributed by atoms with Crippen molar-refractivity contribution in [3.63, 3.8) is 0 Å². The van der Waals surface area contributed by atoms with Gasteiger partial charge in [0.15, 0.2) is 0 Å². The highest BCUT2D eigenvalue weighted by Crippen LogP contribution is 2.26. The van der Waals surface area contributed by atoms with Crippen LogP contribution in [0.25, 0.3) is 0 Å². The number of hydrogen-bond acceptors (Lipinski definition) is 4. The summed E-state index contributed by atoms with van der Waals surface area (Å²) in [4.78, 5) is 31.5. The van der Waals surface area contributed by atoms with E-state index in [0.29, 0.717) is 18.8 Å². The first kappa shape index (κ1) is 20.9. The third kappa shape index (κ3) is 6.38. The Balaban J connectivity index is 1.96. The summed E-state index contributed by atoms with van der Waals surface area (Å²) in [7, 11) is 0. The van der Waals surface area contributed by atoms with Gasteiger partial charge in [0.2, 0.25) is 5.91 Å². The van der Waals surface area contributed by atoms with Gasteiger partial charge in [-0.1, -0.05) is 46.0 Å². The van der Waals surface area contributed by atoms with E-state index < -0.39 is 0 Å². The fourth-order valence-corrected chi connectivity index (χ4v) is 4.13. The van der Waals surface area contributed by atoms with Crippen molar-refractivity contribution in [2.45, 2.75) is 78.2 Å². The third-order valence-corrected chi connectivity index (χ3v) is 5.81. The topological polar surface area (TPSA) is 62.3 Å². The van der Waals surface area contributed by atoms with Gasteiger partial charge in [0.05, 0.1) is 6.54 Å². The normalized spacial score (nSPS) is 15.0. The van der Waals surface area contributed by atoms with Gasteiger partial charge >= 0.3 is 0 Å². The highest BCUT2D eigenvalue weighted by molar-refractivity contribution is 7.09. The molecular formula is C20H33N3O2S. The number of carbonyl (C=O) groups excluding carboxylic acids is 2. The van der Waals surface area contributed by atoms with E-state index in [9.17, 15) is 9.59 Å². The van der Waals surface area contributed by atoms with Crippen LogP contribution in [0, 0.1) is 5.92 Å². The van der Waals surface area contributed by atoms with Crippen LogP contribution in [0.1, 0.15) is 87.1 Å². The molecule has 0 spiro atoms. The lowest BCUT2D eigenvalue weighted by molar-refractivity contribution is -0.137. The molecule has 1 N–H and O–H groups in total. The predicted octanol–water partition coefficient (Wildman–Crippen LogP) is 4.38. The van der Waals surface area contributed by atoms with Gasteiger partial charge < -0.3 is 10.2 Å². The summed E-state index contributed by atoms with van der Waals surface area (Å²) in [6.07, 6.45) is 9.72. The molecule has 2 amide bonds. The number of aromatic nitrogens is 1. The molecule has 1 aliphatic rings. The minimum Gasteiger partial charge on any atom is -0.351 e. The molecular weight excluding hydrogens is 346 g/mol. The van der Waals surface area contributed by atoms with Crippen LogP contribution in [-0.2, 0) is 11.3 Å². The second kappa shape index (κ2) is 11.3. The van der Waals surface area contributed by atoms with Crippen molar-refractivity contribution < 1.29 is 9.59 Å². The van der Waals surface area contributed by atoms with E-state index in [1.165, 1.54) is 17.8 Å². The Morgan fingerprint density at radius 1 is 1.19 bits per heavy atom. The quantitative estimate of drug-likeness (QED) is 0.614. The molecule has 0 aromatic carbocycles. The minimum atomic E-state index is -0.111. The molecule has 1 saturated carbocycles. The van der Waals surface area contributed by atoms with Crippen LogP contribution in [0.15, 0.2) is 5.38 Å². The first-order valence-electron chi connectivity index (χ1n) is 10.2. The molecule has 5 nitrogen and oxygen atoms in total. The fraction of sp³-hybridized carbons (Fsp3) is 0.750. The monoisotopic (exact) mass is 379 g/mol. The van der Waals surface area contributed by atoms with Crippen LogP contribution < -0.4 is 5.32 Å². The summed E-state index contributed by atoms with van der Waals surface area (Å²) in [6, 6.07) is 0. The number of hydrogen-bond donors (Lipinski definition) is 1. The van der Waals surface area contributed by atoms with Crippen LogP contribution in [0.5, 0.6) is 0 Å². The van der Waals surface area contributed by atoms with Gasteiger partial charge in [-0.25, -0.2) is 4.98 Å². The number of thiazole rings is 1. The van der Waals surface area contributed by atoms with Crippen molar-refractivity contribution in [3.8, 4) is 0 Å². The number of nitrogens with zero attached hydrogens (tertiary/aromatic N) is 2. The molecule has 0 radical (unpaired) electrons. The van der Waals surface area contributed by atoms with Gasteiger partial charge in [0, 0.05) is 24.4 Å². The summed E-state index contributed by atoms with van der Waals surface area (Å²) in [5.74, 6) is 0.347. The van der Waals surface area contributed by atoms with E-state index in [1.54, 1.807) is 5.38 Å². The number of nitrogens with one attached hydrogen (secondary N) is 1. The largest absolute Gasteiger partial charge is 0.351 e. The van der Waals surface area contributed by atoms with Crippen LogP contribution in [0.2, 0.25) is 0 Å². The summed E-state index contributed by atoms with van der Waals surface area (Å²) in [6.45, 7) is 6.24. The van der Waals surface area contributed by atoms with Crippen LogP contribution in [0.4, 0.5) is 0 Å². The molecule has 6 heteroatoms. The predicted molar refractivity (Wildman–Crippen MR) is 106 cm³/mol. The molecule has 1 aromatic rings. The molecule has 2 rings (SSSR count). The van der Waals surface area contributed by atoms with Crippen LogP contribution >= 0.6 is 11.3 Å². The van der Waals surface area contributed by atoms with E-state index >= 15 is 0 Å². The molecule has 1 heterocycles. The molecule has 1 aromatic heterocycles. The van der Waals surface area contributed by atoms with Crippen molar-refractivity contribution in [1.29, 1.82) is 0 Å². The Morgan fingerprint density at radius 3 is 2.62 bits per heavy atom. The maximum Gasteiger partial charge on any atom is 0.270 e. The lowest BCUT2D eigenvalue weighted by Gasteiger charge is -2.28. The van der Waals surface area contributed by atoms with Crippen molar-refractivity contribution in [2.24, 2.45) is 5.92 Å². The first-order chi connectivity index (χ1) is 12.7. The van der Waals surface area contributed by atoms with Crippen molar-refractivity contribution in [2.75, 3.05) is 13.1 Å². The summed E-state index contributed by atoms with van der Waals surface area (Å²) in [5.41, 5.74) is 0.474. The number of carbonyl (C=O) groups is 2. The Kier molecular flexibility index (Phi) is 9.09. The zero-order valence-electron chi connectivity index (χ0n) is 16.3. The van der Waals surface area contributed by atoms with Gasteiger partial charge in [-0.2, -0.15) is 0 Å². The SMILES string of the molecule is CCCCNC(=O)c1csc(CN(CCCC)C(=O)C2CCCCC2)n1. The van der Waals surface area contributed by atoms with E-state index in [-0.39, 0.29) is 17.7 Å². The Bertz CT molecular complexity index is 567. The minimum absolute atomic E-state index is 0.111. The lowest BCUT2D eigenvalue weighted by Crippen LogP contribution is -2.37. The van der Waals surface area contributed by atoms with Gasteiger partial charge in [0.25, 0.3) is 5.91 Å². The molecule has 146 valence electrons. The maximum absolute atomic E-state index is 12.9. The molecule has 0 atom stereocenters. The Hall–Kier alpha value is -1.43. The van der Waals surface area contributed by atoms with Crippen LogP contribution in [0.3, 0.4) is 0 Å². The maximum atomic E-state index is 12.9. The Morgan fingerprint density at radius 2 is 1.92 bits per heavy atom. The van der Waals surface area contributed by atoms with E-state index in [4.69, 9.17) is 0 Å².